The van der Waals surface area contributed by atoms with Gasteiger partial charge in [0.1, 0.15) is 0 Å². The second-order valence-corrected chi connectivity index (χ2v) is 5.05. The van der Waals surface area contributed by atoms with Crippen LogP contribution in [0.5, 0.6) is 0 Å². The second kappa shape index (κ2) is 6.38. The SMILES string of the molecule is C=C(c1ccnc(C(C)CC)c1)c1ccccc1NC. The summed E-state index contributed by atoms with van der Waals surface area (Å²) in [7, 11) is 1.93. The maximum absolute atomic E-state index is 4.47. The van der Waals surface area contributed by atoms with Crippen LogP contribution in [0, 0.1) is 0 Å². The number of pyridine rings is 1. The van der Waals surface area contributed by atoms with Crippen molar-refractivity contribution in [1.29, 1.82) is 0 Å². The third-order valence-electron chi connectivity index (χ3n) is 3.77. The van der Waals surface area contributed by atoms with Crippen LogP contribution in [0.2, 0.25) is 0 Å². The van der Waals surface area contributed by atoms with Gasteiger partial charge in [0.05, 0.1) is 0 Å². The molecule has 1 aromatic carbocycles. The molecule has 20 heavy (non-hydrogen) atoms. The standard InChI is InChI=1S/C18H22N2/c1-5-13(2)18-12-15(10-11-20-18)14(3)16-8-6-7-9-17(16)19-4/h6-13,19H,3,5H2,1-2,4H3. The maximum atomic E-state index is 4.47. The summed E-state index contributed by atoms with van der Waals surface area (Å²) in [6, 6.07) is 12.4. The van der Waals surface area contributed by atoms with Crippen molar-refractivity contribution in [3.8, 4) is 0 Å². The number of para-hydroxylation sites is 1. The highest BCUT2D eigenvalue weighted by Crippen LogP contribution is 2.29. The van der Waals surface area contributed by atoms with Gasteiger partial charge in [-0.15, -0.1) is 0 Å². The predicted octanol–water partition coefficient (Wildman–Crippen LogP) is 4.70. The van der Waals surface area contributed by atoms with Gasteiger partial charge >= 0.3 is 0 Å². The zero-order chi connectivity index (χ0) is 14.5. The van der Waals surface area contributed by atoms with E-state index in [1.807, 2.05) is 31.4 Å². The molecule has 0 saturated carbocycles. The summed E-state index contributed by atoms with van der Waals surface area (Å²) in [5.74, 6) is 0.474. The number of rotatable bonds is 5. The fourth-order valence-corrected chi connectivity index (χ4v) is 2.23. The van der Waals surface area contributed by atoms with E-state index in [2.05, 4.69) is 48.9 Å². The quantitative estimate of drug-likeness (QED) is 0.848. The molecule has 0 aliphatic heterocycles. The Morgan fingerprint density at radius 2 is 2.05 bits per heavy atom. The molecule has 1 unspecified atom stereocenters. The molecule has 2 aromatic rings. The number of hydrogen-bond acceptors (Lipinski definition) is 2. The Bertz CT molecular complexity index is 602. The molecule has 1 aromatic heterocycles. The van der Waals surface area contributed by atoms with E-state index >= 15 is 0 Å². The first-order valence-corrected chi connectivity index (χ1v) is 7.09. The molecule has 2 rings (SSSR count). The lowest BCUT2D eigenvalue weighted by Crippen LogP contribution is -1.99. The molecule has 0 saturated heterocycles. The molecular weight excluding hydrogens is 244 g/mol. The molecule has 0 aliphatic rings. The number of benzene rings is 1. The Labute approximate surface area is 121 Å². The van der Waals surface area contributed by atoms with E-state index < -0.39 is 0 Å². The van der Waals surface area contributed by atoms with Crippen LogP contribution in [0.4, 0.5) is 5.69 Å². The van der Waals surface area contributed by atoms with Crippen molar-refractivity contribution in [3.05, 3.63) is 66.0 Å². The number of hydrogen-bond donors (Lipinski definition) is 1. The highest BCUT2D eigenvalue weighted by molar-refractivity contribution is 5.84. The molecule has 1 N–H and O–H groups in total. The van der Waals surface area contributed by atoms with Gasteiger partial charge in [0.25, 0.3) is 0 Å². The van der Waals surface area contributed by atoms with Crippen LogP contribution in [0.3, 0.4) is 0 Å². The van der Waals surface area contributed by atoms with Gasteiger partial charge in [-0.1, -0.05) is 38.6 Å². The summed E-state index contributed by atoms with van der Waals surface area (Å²) in [6.45, 7) is 8.65. The van der Waals surface area contributed by atoms with Gasteiger partial charge < -0.3 is 5.32 Å². The van der Waals surface area contributed by atoms with Crippen LogP contribution < -0.4 is 5.32 Å². The van der Waals surface area contributed by atoms with Crippen LogP contribution in [0.25, 0.3) is 5.57 Å². The summed E-state index contributed by atoms with van der Waals surface area (Å²) in [6.07, 6.45) is 2.97. The van der Waals surface area contributed by atoms with Gasteiger partial charge in [0, 0.05) is 30.2 Å². The summed E-state index contributed by atoms with van der Waals surface area (Å²) in [5, 5.41) is 3.22. The molecule has 2 heteroatoms. The van der Waals surface area contributed by atoms with Gasteiger partial charge in [0.15, 0.2) is 0 Å². The van der Waals surface area contributed by atoms with E-state index in [4.69, 9.17) is 0 Å². The van der Waals surface area contributed by atoms with Gasteiger partial charge in [-0.25, -0.2) is 0 Å². The molecule has 0 amide bonds. The molecule has 0 bridgehead atoms. The Morgan fingerprint density at radius 3 is 2.75 bits per heavy atom. The van der Waals surface area contributed by atoms with Crippen molar-refractivity contribution in [1.82, 2.24) is 4.98 Å². The van der Waals surface area contributed by atoms with Crippen molar-refractivity contribution in [2.75, 3.05) is 12.4 Å². The van der Waals surface area contributed by atoms with Crippen LogP contribution in [-0.4, -0.2) is 12.0 Å². The number of nitrogens with zero attached hydrogens (tertiary/aromatic N) is 1. The highest BCUT2D eigenvalue weighted by atomic mass is 14.8. The van der Waals surface area contributed by atoms with Crippen LogP contribution in [0.1, 0.15) is 43.0 Å². The normalized spacial score (nSPS) is 11.9. The van der Waals surface area contributed by atoms with Crippen molar-refractivity contribution >= 4 is 11.3 Å². The lowest BCUT2D eigenvalue weighted by molar-refractivity contribution is 0.708. The van der Waals surface area contributed by atoms with E-state index in [-0.39, 0.29) is 0 Å². The van der Waals surface area contributed by atoms with Crippen molar-refractivity contribution in [2.24, 2.45) is 0 Å². The molecule has 1 heterocycles. The topological polar surface area (TPSA) is 24.9 Å². The third kappa shape index (κ3) is 2.90. The minimum atomic E-state index is 0.474. The van der Waals surface area contributed by atoms with E-state index in [1.54, 1.807) is 0 Å². The maximum Gasteiger partial charge on any atom is 0.0437 e. The molecule has 0 aliphatic carbocycles. The predicted molar refractivity (Wildman–Crippen MR) is 87.1 cm³/mol. The zero-order valence-corrected chi connectivity index (χ0v) is 12.5. The molecule has 0 radical (unpaired) electrons. The third-order valence-corrected chi connectivity index (χ3v) is 3.77. The average molecular weight is 266 g/mol. The number of aromatic nitrogens is 1. The zero-order valence-electron chi connectivity index (χ0n) is 12.5. The molecule has 0 spiro atoms. The molecule has 1 atom stereocenters. The smallest absolute Gasteiger partial charge is 0.0437 e. The van der Waals surface area contributed by atoms with E-state index in [9.17, 15) is 0 Å². The highest BCUT2D eigenvalue weighted by Gasteiger charge is 2.10. The van der Waals surface area contributed by atoms with Gasteiger partial charge in [0.2, 0.25) is 0 Å². The second-order valence-electron chi connectivity index (χ2n) is 5.05. The van der Waals surface area contributed by atoms with Crippen molar-refractivity contribution in [3.63, 3.8) is 0 Å². The van der Waals surface area contributed by atoms with Crippen molar-refractivity contribution in [2.45, 2.75) is 26.2 Å². The monoisotopic (exact) mass is 266 g/mol. The summed E-state index contributed by atoms with van der Waals surface area (Å²) in [4.78, 5) is 4.47. The van der Waals surface area contributed by atoms with Crippen LogP contribution in [0.15, 0.2) is 49.2 Å². The minimum Gasteiger partial charge on any atom is -0.388 e. The summed E-state index contributed by atoms with van der Waals surface area (Å²) >= 11 is 0. The lowest BCUT2D eigenvalue weighted by Gasteiger charge is -2.14. The minimum absolute atomic E-state index is 0.474. The van der Waals surface area contributed by atoms with Crippen LogP contribution in [-0.2, 0) is 0 Å². The fraction of sp³-hybridized carbons (Fsp3) is 0.278. The van der Waals surface area contributed by atoms with E-state index in [0.717, 1.165) is 34.5 Å². The first kappa shape index (κ1) is 14.3. The largest absolute Gasteiger partial charge is 0.388 e. The summed E-state index contributed by atoms with van der Waals surface area (Å²) < 4.78 is 0. The fourth-order valence-electron chi connectivity index (χ4n) is 2.23. The van der Waals surface area contributed by atoms with Crippen LogP contribution >= 0.6 is 0 Å². The molecule has 2 nitrogen and oxygen atoms in total. The Morgan fingerprint density at radius 1 is 1.30 bits per heavy atom. The average Bonchev–Trinajstić information content (AvgIpc) is 2.53. The van der Waals surface area contributed by atoms with E-state index in [0.29, 0.717) is 5.92 Å². The van der Waals surface area contributed by atoms with Gasteiger partial charge in [-0.2, -0.15) is 0 Å². The number of anilines is 1. The lowest BCUT2D eigenvalue weighted by atomic mass is 9.95. The van der Waals surface area contributed by atoms with Gasteiger partial charge in [-0.3, -0.25) is 4.98 Å². The first-order valence-electron chi connectivity index (χ1n) is 7.09. The van der Waals surface area contributed by atoms with Crippen molar-refractivity contribution < 1.29 is 0 Å². The molecular formula is C18H22N2. The first-order chi connectivity index (χ1) is 9.67. The Kier molecular flexibility index (Phi) is 4.57. The molecule has 0 fully saturated rings. The van der Waals surface area contributed by atoms with E-state index in [1.165, 1.54) is 0 Å². The summed E-state index contributed by atoms with van der Waals surface area (Å²) in [5.41, 5.74) is 5.53. The number of nitrogens with one attached hydrogen (secondary N) is 1. The Balaban J connectivity index is 2.38. The van der Waals surface area contributed by atoms with Gasteiger partial charge in [-0.05, 0) is 41.7 Å². The molecule has 104 valence electrons. The Hall–Kier alpha value is -2.09.